The second-order valence-corrected chi connectivity index (χ2v) is 5.74. The lowest BCUT2D eigenvalue weighted by Crippen LogP contribution is -2.33. The SMILES string of the molecule is COc1ccc2nc(CCNC(=O)[C@@H](C)Cn3cccn3)[nH]c2c1. The van der Waals surface area contributed by atoms with Crippen molar-refractivity contribution >= 4 is 16.9 Å². The highest BCUT2D eigenvalue weighted by atomic mass is 16.5. The number of aromatic nitrogens is 4. The van der Waals surface area contributed by atoms with Crippen LogP contribution in [0.3, 0.4) is 0 Å². The van der Waals surface area contributed by atoms with Crippen LogP contribution in [0.15, 0.2) is 36.7 Å². The Morgan fingerprint density at radius 1 is 1.46 bits per heavy atom. The first-order chi connectivity index (χ1) is 11.7. The van der Waals surface area contributed by atoms with Crippen LogP contribution in [-0.4, -0.2) is 39.3 Å². The molecule has 0 spiro atoms. The summed E-state index contributed by atoms with van der Waals surface area (Å²) >= 11 is 0. The van der Waals surface area contributed by atoms with Gasteiger partial charge < -0.3 is 15.0 Å². The van der Waals surface area contributed by atoms with Crippen LogP contribution < -0.4 is 10.1 Å². The molecule has 1 amide bonds. The van der Waals surface area contributed by atoms with Crippen molar-refractivity contribution in [1.29, 1.82) is 0 Å². The van der Waals surface area contributed by atoms with Crippen molar-refractivity contribution in [3.8, 4) is 5.75 Å². The Bertz CT molecular complexity index is 810. The fourth-order valence-corrected chi connectivity index (χ4v) is 2.54. The molecule has 3 rings (SSSR count). The summed E-state index contributed by atoms with van der Waals surface area (Å²) in [5.74, 6) is 1.52. The van der Waals surface area contributed by atoms with Gasteiger partial charge in [0.05, 0.1) is 30.6 Å². The van der Waals surface area contributed by atoms with Crippen molar-refractivity contribution in [1.82, 2.24) is 25.1 Å². The van der Waals surface area contributed by atoms with Gasteiger partial charge in [0.15, 0.2) is 0 Å². The first-order valence-electron chi connectivity index (χ1n) is 7.93. The number of rotatable bonds is 7. The lowest BCUT2D eigenvalue weighted by atomic mass is 10.1. The molecule has 126 valence electrons. The third-order valence-corrected chi connectivity index (χ3v) is 3.87. The van der Waals surface area contributed by atoms with Crippen molar-refractivity contribution < 1.29 is 9.53 Å². The van der Waals surface area contributed by atoms with Crippen LogP contribution in [0.4, 0.5) is 0 Å². The van der Waals surface area contributed by atoms with Gasteiger partial charge in [-0.1, -0.05) is 6.92 Å². The van der Waals surface area contributed by atoms with Gasteiger partial charge in [-0.2, -0.15) is 5.10 Å². The maximum atomic E-state index is 12.1. The van der Waals surface area contributed by atoms with E-state index in [1.54, 1.807) is 18.0 Å². The average Bonchev–Trinajstić information content (AvgIpc) is 3.22. The molecule has 3 aromatic rings. The Morgan fingerprint density at radius 2 is 2.33 bits per heavy atom. The van der Waals surface area contributed by atoms with Crippen molar-refractivity contribution in [3.63, 3.8) is 0 Å². The average molecular weight is 327 g/mol. The number of ether oxygens (including phenoxy) is 1. The van der Waals surface area contributed by atoms with Gasteiger partial charge in [0.25, 0.3) is 0 Å². The van der Waals surface area contributed by atoms with E-state index in [2.05, 4.69) is 20.4 Å². The Morgan fingerprint density at radius 3 is 3.08 bits per heavy atom. The Labute approximate surface area is 140 Å². The summed E-state index contributed by atoms with van der Waals surface area (Å²) < 4.78 is 6.96. The van der Waals surface area contributed by atoms with Crippen LogP contribution in [0.2, 0.25) is 0 Å². The van der Waals surface area contributed by atoms with E-state index in [9.17, 15) is 4.79 Å². The zero-order valence-electron chi connectivity index (χ0n) is 13.8. The predicted octanol–water partition coefficient (Wildman–Crippen LogP) is 1.76. The second kappa shape index (κ2) is 7.16. The number of imidazole rings is 1. The van der Waals surface area contributed by atoms with Crippen LogP contribution in [0.25, 0.3) is 11.0 Å². The lowest BCUT2D eigenvalue weighted by molar-refractivity contribution is -0.124. The van der Waals surface area contributed by atoms with Gasteiger partial charge in [0.1, 0.15) is 11.6 Å². The molecule has 0 unspecified atom stereocenters. The monoisotopic (exact) mass is 327 g/mol. The number of carbonyl (C=O) groups excluding carboxylic acids is 1. The highest BCUT2D eigenvalue weighted by molar-refractivity contribution is 5.78. The zero-order valence-corrected chi connectivity index (χ0v) is 13.8. The normalized spacial score (nSPS) is 12.2. The van der Waals surface area contributed by atoms with E-state index in [1.807, 2.05) is 37.4 Å². The number of fused-ring (bicyclic) bond motifs is 1. The first kappa shape index (κ1) is 16.0. The molecule has 0 aliphatic heterocycles. The fourth-order valence-electron chi connectivity index (χ4n) is 2.54. The van der Waals surface area contributed by atoms with Crippen LogP contribution in [0.5, 0.6) is 5.75 Å². The van der Waals surface area contributed by atoms with E-state index in [1.165, 1.54) is 0 Å². The molecule has 7 heteroatoms. The van der Waals surface area contributed by atoms with Crippen molar-refractivity contribution in [3.05, 3.63) is 42.5 Å². The molecule has 2 aromatic heterocycles. The number of aromatic amines is 1. The summed E-state index contributed by atoms with van der Waals surface area (Å²) in [4.78, 5) is 19.9. The molecule has 0 saturated heterocycles. The van der Waals surface area contributed by atoms with Gasteiger partial charge >= 0.3 is 0 Å². The molecule has 1 atom stereocenters. The minimum absolute atomic E-state index is 0.0169. The van der Waals surface area contributed by atoms with E-state index in [0.29, 0.717) is 19.5 Å². The molecule has 0 bridgehead atoms. The molecule has 0 fully saturated rings. The van der Waals surface area contributed by atoms with Gasteiger partial charge in [-0.05, 0) is 18.2 Å². The summed E-state index contributed by atoms with van der Waals surface area (Å²) in [6.07, 6.45) is 4.21. The molecule has 2 heterocycles. The lowest BCUT2D eigenvalue weighted by Gasteiger charge is -2.11. The standard InChI is InChI=1S/C17H21N5O2/c1-12(11-22-9-3-7-19-22)17(23)18-8-6-16-20-14-5-4-13(24-2)10-15(14)21-16/h3-5,7,9-10,12H,6,8,11H2,1-2H3,(H,18,23)(H,20,21)/t12-/m0/s1. The Balaban J connectivity index is 1.51. The number of methoxy groups -OCH3 is 1. The van der Waals surface area contributed by atoms with Crippen molar-refractivity contribution in [2.45, 2.75) is 19.9 Å². The molecule has 0 saturated carbocycles. The number of nitrogens with one attached hydrogen (secondary N) is 2. The predicted molar refractivity (Wildman–Crippen MR) is 90.8 cm³/mol. The molecule has 7 nitrogen and oxygen atoms in total. The van der Waals surface area contributed by atoms with Crippen LogP contribution in [0.1, 0.15) is 12.7 Å². The number of benzene rings is 1. The fraction of sp³-hybridized carbons (Fsp3) is 0.353. The van der Waals surface area contributed by atoms with E-state index in [-0.39, 0.29) is 11.8 Å². The number of hydrogen-bond acceptors (Lipinski definition) is 4. The molecule has 0 radical (unpaired) electrons. The molecule has 1 aromatic carbocycles. The highest BCUT2D eigenvalue weighted by Gasteiger charge is 2.13. The van der Waals surface area contributed by atoms with E-state index < -0.39 is 0 Å². The smallest absolute Gasteiger partial charge is 0.224 e. The largest absolute Gasteiger partial charge is 0.497 e. The summed E-state index contributed by atoms with van der Waals surface area (Å²) in [6, 6.07) is 7.56. The van der Waals surface area contributed by atoms with Crippen molar-refractivity contribution in [2.75, 3.05) is 13.7 Å². The number of H-pyrrole nitrogens is 1. The maximum absolute atomic E-state index is 12.1. The minimum Gasteiger partial charge on any atom is -0.497 e. The number of amides is 1. The van der Waals surface area contributed by atoms with E-state index >= 15 is 0 Å². The van der Waals surface area contributed by atoms with Gasteiger partial charge in [0.2, 0.25) is 5.91 Å². The third-order valence-electron chi connectivity index (χ3n) is 3.87. The van der Waals surface area contributed by atoms with Gasteiger partial charge in [-0.3, -0.25) is 9.48 Å². The molecular weight excluding hydrogens is 306 g/mol. The molecule has 0 aliphatic rings. The number of nitrogens with zero attached hydrogens (tertiary/aromatic N) is 3. The highest BCUT2D eigenvalue weighted by Crippen LogP contribution is 2.18. The topological polar surface area (TPSA) is 84.8 Å². The summed E-state index contributed by atoms with van der Waals surface area (Å²) in [7, 11) is 1.64. The molecule has 24 heavy (non-hydrogen) atoms. The minimum atomic E-state index is -0.134. The van der Waals surface area contributed by atoms with Gasteiger partial charge in [-0.25, -0.2) is 4.98 Å². The molecule has 0 aliphatic carbocycles. The summed E-state index contributed by atoms with van der Waals surface area (Å²) in [5, 5.41) is 7.06. The molecular formula is C17H21N5O2. The van der Waals surface area contributed by atoms with E-state index in [4.69, 9.17) is 4.74 Å². The third kappa shape index (κ3) is 3.73. The number of carbonyl (C=O) groups is 1. The van der Waals surface area contributed by atoms with Crippen LogP contribution in [0, 0.1) is 5.92 Å². The summed E-state index contributed by atoms with van der Waals surface area (Å²) in [6.45, 7) is 3.01. The van der Waals surface area contributed by atoms with Crippen molar-refractivity contribution in [2.24, 2.45) is 5.92 Å². The first-order valence-corrected chi connectivity index (χ1v) is 7.93. The Kier molecular flexibility index (Phi) is 4.79. The Hall–Kier alpha value is -2.83. The zero-order chi connectivity index (χ0) is 16.9. The maximum Gasteiger partial charge on any atom is 0.224 e. The molecule has 2 N–H and O–H groups in total. The second-order valence-electron chi connectivity index (χ2n) is 5.74. The quantitative estimate of drug-likeness (QED) is 0.692. The van der Waals surface area contributed by atoms with Gasteiger partial charge in [0, 0.05) is 31.4 Å². The van der Waals surface area contributed by atoms with Crippen LogP contribution in [-0.2, 0) is 17.8 Å². The van der Waals surface area contributed by atoms with Gasteiger partial charge in [-0.15, -0.1) is 0 Å². The number of hydrogen-bond donors (Lipinski definition) is 2. The summed E-state index contributed by atoms with van der Waals surface area (Å²) in [5.41, 5.74) is 1.83. The van der Waals surface area contributed by atoms with E-state index in [0.717, 1.165) is 22.6 Å². The van der Waals surface area contributed by atoms with Crippen LogP contribution >= 0.6 is 0 Å².